The molecular weight excluding hydrogens is 286 g/mol. The van der Waals surface area contributed by atoms with Crippen LogP contribution in [0.4, 0.5) is 0 Å². The molecule has 2 rings (SSSR count). The second-order valence-corrected chi connectivity index (χ2v) is 7.20. The van der Waals surface area contributed by atoms with Crippen LogP contribution in [0.1, 0.15) is 43.5 Å². The number of benzene rings is 2. The Morgan fingerprint density at radius 2 is 1.52 bits per heavy atom. The van der Waals surface area contributed by atoms with Crippen molar-refractivity contribution < 1.29 is 10.3 Å². The number of aliphatic hydroxyl groups is 1. The number of aliphatic hydroxyl groups excluding tert-OH is 1. The summed E-state index contributed by atoms with van der Waals surface area (Å²) in [5.74, 6) is 0. The molecule has 3 heteroatoms. The number of rotatable bonds is 5. The first-order valence-electron chi connectivity index (χ1n) is 8.03. The van der Waals surface area contributed by atoms with E-state index in [9.17, 15) is 10.3 Å². The molecule has 0 radical (unpaired) electrons. The highest BCUT2D eigenvalue weighted by Gasteiger charge is 2.35. The highest BCUT2D eigenvalue weighted by Crippen LogP contribution is 2.35. The van der Waals surface area contributed by atoms with Crippen LogP contribution in [0, 0.1) is 12.3 Å². The predicted octanol–water partition coefficient (Wildman–Crippen LogP) is 4.33. The number of aryl methyl sites for hydroxylation is 1. The summed E-state index contributed by atoms with van der Waals surface area (Å²) in [6.45, 7) is 8.33. The molecule has 0 bridgehead atoms. The Labute approximate surface area is 139 Å². The fourth-order valence-corrected chi connectivity index (χ4v) is 2.75. The van der Waals surface area contributed by atoms with Gasteiger partial charge in [0.2, 0.25) is 0 Å². The van der Waals surface area contributed by atoms with Crippen molar-refractivity contribution in [2.24, 2.45) is 5.41 Å². The van der Waals surface area contributed by atoms with Gasteiger partial charge in [-0.25, -0.2) is 0 Å². The first-order valence-corrected chi connectivity index (χ1v) is 8.03. The molecule has 3 nitrogen and oxygen atoms in total. The van der Waals surface area contributed by atoms with Gasteiger partial charge in [0.1, 0.15) is 0 Å². The third-order valence-electron chi connectivity index (χ3n) is 4.20. The number of hydrogen-bond donors (Lipinski definition) is 2. The van der Waals surface area contributed by atoms with Gasteiger partial charge in [0, 0.05) is 6.54 Å². The van der Waals surface area contributed by atoms with E-state index in [0.29, 0.717) is 6.54 Å². The van der Waals surface area contributed by atoms with Gasteiger partial charge in [-0.2, -0.15) is 5.06 Å². The molecule has 124 valence electrons. The van der Waals surface area contributed by atoms with Crippen molar-refractivity contribution in [3.63, 3.8) is 0 Å². The van der Waals surface area contributed by atoms with Crippen LogP contribution in [0.15, 0.2) is 54.6 Å². The molecule has 0 aliphatic carbocycles. The van der Waals surface area contributed by atoms with Crippen LogP contribution >= 0.6 is 0 Å². The molecule has 2 aromatic carbocycles. The lowest BCUT2D eigenvalue weighted by Gasteiger charge is -2.38. The topological polar surface area (TPSA) is 43.7 Å². The second kappa shape index (κ2) is 7.26. The molecule has 0 aliphatic rings. The molecule has 23 heavy (non-hydrogen) atoms. The van der Waals surface area contributed by atoms with E-state index in [1.807, 2.05) is 82.3 Å². The molecule has 0 saturated heterocycles. The van der Waals surface area contributed by atoms with Crippen molar-refractivity contribution in [2.45, 2.75) is 46.4 Å². The summed E-state index contributed by atoms with van der Waals surface area (Å²) >= 11 is 0. The summed E-state index contributed by atoms with van der Waals surface area (Å²) in [6, 6.07) is 17.2. The third-order valence-corrected chi connectivity index (χ3v) is 4.20. The molecule has 0 aliphatic heterocycles. The predicted molar refractivity (Wildman–Crippen MR) is 93.2 cm³/mol. The molecule has 0 aromatic heterocycles. The number of hydroxylamine groups is 2. The molecule has 2 aromatic rings. The van der Waals surface area contributed by atoms with Gasteiger partial charge in [0.05, 0.1) is 12.1 Å². The van der Waals surface area contributed by atoms with Crippen LogP contribution in [0.5, 0.6) is 0 Å². The van der Waals surface area contributed by atoms with Crippen LogP contribution < -0.4 is 0 Å². The summed E-state index contributed by atoms with van der Waals surface area (Å²) in [7, 11) is 0. The van der Waals surface area contributed by atoms with E-state index >= 15 is 0 Å². The lowest BCUT2D eigenvalue weighted by molar-refractivity contribution is -0.180. The lowest BCUT2D eigenvalue weighted by Crippen LogP contribution is -2.41. The van der Waals surface area contributed by atoms with Gasteiger partial charge in [-0.3, -0.25) is 0 Å². The summed E-state index contributed by atoms with van der Waals surface area (Å²) in [5.41, 5.74) is 2.68. The van der Waals surface area contributed by atoms with Gasteiger partial charge < -0.3 is 10.3 Å². The third kappa shape index (κ3) is 4.41. The average molecular weight is 313 g/mol. The zero-order valence-electron chi connectivity index (χ0n) is 14.4. The Kier molecular flexibility index (Phi) is 5.58. The highest BCUT2D eigenvalue weighted by molar-refractivity contribution is 5.30. The molecule has 0 spiro atoms. The van der Waals surface area contributed by atoms with Gasteiger partial charge >= 0.3 is 0 Å². The normalized spacial score (nSPS) is 14.7. The summed E-state index contributed by atoms with van der Waals surface area (Å²) < 4.78 is 0. The highest BCUT2D eigenvalue weighted by atomic mass is 16.5. The number of hydrogen-bond acceptors (Lipinski definition) is 3. The van der Waals surface area contributed by atoms with Crippen molar-refractivity contribution in [1.82, 2.24) is 5.06 Å². The Balaban J connectivity index is 2.35. The molecule has 2 unspecified atom stereocenters. The van der Waals surface area contributed by atoms with Crippen molar-refractivity contribution in [1.29, 1.82) is 0 Å². The second-order valence-electron chi connectivity index (χ2n) is 7.20. The Morgan fingerprint density at radius 3 is 2.09 bits per heavy atom. The molecular formula is C20H27NO2. The van der Waals surface area contributed by atoms with E-state index in [4.69, 9.17) is 0 Å². The molecule has 0 amide bonds. The zero-order chi connectivity index (χ0) is 17.0. The van der Waals surface area contributed by atoms with Crippen molar-refractivity contribution >= 4 is 0 Å². The minimum absolute atomic E-state index is 0.343. The largest absolute Gasteiger partial charge is 0.390 e. The zero-order valence-corrected chi connectivity index (χ0v) is 14.4. The monoisotopic (exact) mass is 313 g/mol. The van der Waals surface area contributed by atoms with Crippen LogP contribution in [-0.4, -0.2) is 21.5 Å². The standard InChI is InChI=1S/C20H27NO2/c1-15-10-8-9-13-17(15)18(19(22)20(2,3)4)21(23)14-16-11-6-5-7-12-16/h5-13,18-19,22-23H,14H2,1-4H3. The van der Waals surface area contributed by atoms with Gasteiger partial charge in [0.25, 0.3) is 0 Å². The minimum atomic E-state index is -0.697. The Hall–Kier alpha value is -1.68. The van der Waals surface area contributed by atoms with E-state index in [1.54, 1.807) is 0 Å². The van der Waals surface area contributed by atoms with E-state index in [0.717, 1.165) is 16.7 Å². The first-order chi connectivity index (χ1) is 10.8. The maximum absolute atomic E-state index is 10.9. The smallest absolute Gasteiger partial charge is 0.0870 e. The van der Waals surface area contributed by atoms with Crippen LogP contribution in [0.2, 0.25) is 0 Å². The van der Waals surface area contributed by atoms with Gasteiger partial charge in [-0.15, -0.1) is 0 Å². The lowest BCUT2D eigenvalue weighted by atomic mass is 9.81. The van der Waals surface area contributed by atoms with Crippen LogP contribution in [0.3, 0.4) is 0 Å². The summed E-state index contributed by atoms with van der Waals surface area (Å²) in [4.78, 5) is 0. The molecule has 2 N–H and O–H groups in total. The van der Waals surface area contributed by atoms with Crippen LogP contribution in [0.25, 0.3) is 0 Å². The van der Waals surface area contributed by atoms with Crippen LogP contribution in [-0.2, 0) is 6.54 Å². The first kappa shape index (κ1) is 17.7. The van der Waals surface area contributed by atoms with E-state index in [2.05, 4.69) is 0 Å². The van der Waals surface area contributed by atoms with E-state index < -0.39 is 12.1 Å². The van der Waals surface area contributed by atoms with Gasteiger partial charge in [0.15, 0.2) is 0 Å². The molecule has 0 fully saturated rings. The quantitative estimate of drug-likeness (QED) is 0.807. The average Bonchev–Trinajstić information content (AvgIpc) is 2.49. The Bertz CT molecular complexity index is 619. The van der Waals surface area contributed by atoms with Crippen molar-refractivity contribution in [2.75, 3.05) is 0 Å². The molecule has 2 atom stereocenters. The van der Waals surface area contributed by atoms with Gasteiger partial charge in [-0.1, -0.05) is 75.4 Å². The maximum Gasteiger partial charge on any atom is 0.0870 e. The fraction of sp³-hybridized carbons (Fsp3) is 0.400. The van der Waals surface area contributed by atoms with E-state index in [-0.39, 0.29) is 5.41 Å². The van der Waals surface area contributed by atoms with Gasteiger partial charge in [-0.05, 0) is 29.0 Å². The Morgan fingerprint density at radius 1 is 0.957 bits per heavy atom. The van der Waals surface area contributed by atoms with Crippen molar-refractivity contribution in [3.8, 4) is 0 Å². The number of nitrogens with zero attached hydrogens (tertiary/aromatic N) is 1. The minimum Gasteiger partial charge on any atom is -0.390 e. The summed E-state index contributed by atoms with van der Waals surface area (Å²) in [6.07, 6.45) is -0.697. The fourth-order valence-electron chi connectivity index (χ4n) is 2.75. The SMILES string of the molecule is Cc1ccccc1C(C(O)C(C)(C)C)N(O)Cc1ccccc1. The van der Waals surface area contributed by atoms with Crippen molar-refractivity contribution in [3.05, 3.63) is 71.3 Å². The maximum atomic E-state index is 10.9. The van der Waals surface area contributed by atoms with E-state index in [1.165, 1.54) is 5.06 Å². The molecule has 0 saturated carbocycles. The molecule has 0 heterocycles. The summed E-state index contributed by atoms with van der Waals surface area (Å²) in [5, 5.41) is 22.9.